The number of hydrogen-bond donors (Lipinski definition) is 3. The van der Waals surface area contributed by atoms with Crippen LogP contribution in [0.3, 0.4) is 0 Å². The molecule has 0 spiro atoms. The van der Waals surface area contributed by atoms with Gasteiger partial charge in [-0.25, -0.2) is 4.68 Å². The highest BCUT2D eigenvalue weighted by Crippen LogP contribution is 2.42. The normalized spacial score (nSPS) is 13.3. The average molecular weight is 334 g/mol. The van der Waals surface area contributed by atoms with Crippen LogP contribution in [0, 0.1) is 5.41 Å². The average Bonchev–Trinajstić information content (AvgIpc) is 3.24. The lowest BCUT2D eigenvalue weighted by Gasteiger charge is -2.12. The summed E-state index contributed by atoms with van der Waals surface area (Å²) in [5.41, 5.74) is 8.87. The van der Waals surface area contributed by atoms with Gasteiger partial charge >= 0.3 is 0 Å². The molecule has 0 atom stereocenters. The number of aromatic nitrogens is 2. The van der Waals surface area contributed by atoms with E-state index in [-0.39, 0.29) is 24.3 Å². The van der Waals surface area contributed by atoms with E-state index in [1.807, 2.05) is 22.9 Å². The predicted octanol–water partition coefficient (Wildman–Crippen LogP) is 2.36. The van der Waals surface area contributed by atoms with E-state index < -0.39 is 0 Å². The number of carbonyl (C=O) groups excluding carboxylic acids is 1. The lowest BCUT2D eigenvalue weighted by molar-refractivity contribution is 0.0975. The van der Waals surface area contributed by atoms with E-state index in [0.717, 1.165) is 30.6 Å². The number of guanidine groups is 1. The van der Waals surface area contributed by atoms with E-state index in [4.69, 9.17) is 11.1 Å². The summed E-state index contributed by atoms with van der Waals surface area (Å²) < 4.78 is 1.87. The van der Waals surface area contributed by atoms with Gasteiger partial charge in [-0.3, -0.25) is 15.5 Å². The Morgan fingerprint density at radius 3 is 2.74 bits per heavy atom. The highest BCUT2D eigenvalue weighted by atomic mass is 35.5. The minimum Gasteiger partial charge on any atom is -0.370 e. The summed E-state index contributed by atoms with van der Waals surface area (Å²) >= 11 is 0. The molecule has 0 bridgehead atoms. The monoisotopic (exact) mass is 333 g/mol. The SMILES string of the molecule is CCc1ccccc1-n1ncc(C(=O)NC(=N)N)c1C1CC1.Cl. The number of para-hydroxylation sites is 1. The van der Waals surface area contributed by atoms with Crippen LogP contribution in [0.1, 0.15) is 47.3 Å². The molecule has 1 aliphatic rings. The number of halogens is 1. The van der Waals surface area contributed by atoms with Crippen LogP contribution in [0.2, 0.25) is 0 Å². The zero-order chi connectivity index (χ0) is 15.7. The van der Waals surface area contributed by atoms with Gasteiger partial charge in [0.15, 0.2) is 5.96 Å². The molecule has 1 heterocycles. The van der Waals surface area contributed by atoms with Crippen molar-refractivity contribution < 1.29 is 4.79 Å². The zero-order valence-electron chi connectivity index (χ0n) is 12.9. The topological polar surface area (TPSA) is 96.8 Å². The van der Waals surface area contributed by atoms with E-state index in [9.17, 15) is 4.79 Å². The Balaban J connectivity index is 0.00000192. The molecule has 122 valence electrons. The van der Waals surface area contributed by atoms with Gasteiger partial charge in [-0.1, -0.05) is 25.1 Å². The maximum atomic E-state index is 12.2. The third-order valence-corrected chi connectivity index (χ3v) is 3.86. The summed E-state index contributed by atoms with van der Waals surface area (Å²) in [6.07, 6.45) is 4.58. The molecule has 2 aromatic rings. The zero-order valence-corrected chi connectivity index (χ0v) is 13.7. The molecule has 1 saturated carbocycles. The van der Waals surface area contributed by atoms with Crippen molar-refractivity contribution in [3.8, 4) is 5.69 Å². The minimum absolute atomic E-state index is 0. The van der Waals surface area contributed by atoms with Crippen LogP contribution in [0.15, 0.2) is 30.5 Å². The number of hydrogen-bond acceptors (Lipinski definition) is 3. The fourth-order valence-electron chi connectivity index (χ4n) is 2.68. The maximum Gasteiger partial charge on any atom is 0.261 e. The number of carbonyl (C=O) groups is 1. The Morgan fingerprint density at radius 2 is 2.13 bits per heavy atom. The van der Waals surface area contributed by atoms with Gasteiger partial charge in [0.2, 0.25) is 0 Å². The first kappa shape index (κ1) is 17.0. The van der Waals surface area contributed by atoms with Crippen molar-refractivity contribution in [2.45, 2.75) is 32.1 Å². The Kier molecular flexibility index (Phi) is 5.05. The second kappa shape index (κ2) is 6.83. The minimum atomic E-state index is -0.366. The van der Waals surface area contributed by atoms with Crippen molar-refractivity contribution in [3.05, 3.63) is 47.3 Å². The number of rotatable bonds is 4. The lowest BCUT2D eigenvalue weighted by atomic mass is 10.1. The Hall–Kier alpha value is -2.34. The van der Waals surface area contributed by atoms with Crippen molar-refractivity contribution in [1.29, 1.82) is 5.41 Å². The smallest absolute Gasteiger partial charge is 0.261 e. The van der Waals surface area contributed by atoms with Crippen LogP contribution in [0.4, 0.5) is 0 Å². The molecule has 0 saturated heterocycles. The van der Waals surface area contributed by atoms with Crippen molar-refractivity contribution in [2.24, 2.45) is 5.73 Å². The van der Waals surface area contributed by atoms with Gasteiger partial charge in [0.25, 0.3) is 5.91 Å². The largest absolute Gasteiger partial charge is 0.370 e. The molecular formula is C16H20ClN5O. The molecule has 1 aliphatic carbocycles. The molecule has 0 unspecified atom stereocenters. The second-order valence-corrected chi connectivity index (χ2v) is 5.48. The number of nitrogens with two attached hydrogens (primary N) is 1. The Labute approximate surface area is 141 Å². The summed E-state index contributed by atoms with van der Waals surface area (Å²) in [5, 5.41) is 14.0. The number of amides is 1. The summed E-state index contributed by atoms with van der Waals surface area (Å²) in [6, 6.07) is 8.07. The van der Waals surface area contributed by atoms with Gasteiger partial charge in [-0.15, -0.1) is 12.4 Å². The quantitative estimate of drug-likeness (QED) is 0.592. The molecule has 7 heteroatoms. The Morgan fingerprint density at radius 1 is 1.43 bits per heavy atom. The standard InChI is InChI=1S/C16H19N5O.ClH/c1-2-10-5-3-4-6-13(10)21-14(11-7-8-11)12(9-19-21)15(22)20-16(17)18;/h3-6,9,11H,2,7-8H2,1H3,(H4,17,18,20,22);1H. The van der Waals surface area contributed by atoms with Gasteiger partial charge in [-0.05, 0) is 30.9 Å². The molecule has 0 radical (unpaired) electrons. The molecule has 4 N–H and O–H groups in total. The number of nitrogens with zero attached hydrogens (tertiary/aromatic N) is 2. The summed E-state index contributed by atoms with van der Waals surface area (Å²) in [5.74, 6) is -0.372. The fourth-order valence-corrected chi connectivity index (χ4v) is 2.68. The van der Waals surface area contributed by atoms with Crippen molar-refractivity contribution in [2.75, 3.05) is 0 Å². The van der Waals surface area contributed by atoms with E-state index in [2.05, 4.69) is 23.4 Å². The summed E-state index contributed by atoms with van der Waals surface area (Å²) in [7, 11) is 0. The maximum absolute atomic E-state index is 12.2. The molecule has 3 rings (SSSR count). The molecule has 23 heavy (non-hydrogen) atoms. The van der Waals surface area contributed by atoms with E-state index in [0.29, 0.717) is 11.5 Å². The van der Waals surface area contributed by atoms with Gasteiger partial charge in [-0.2, -0.15) is 5.10 Å². The van der Waals surface area contributed by atoms with Gasteiger partial charge in [0.1, 0.15) is 0 Å². The summed E-state index contributed by atoms with van der Waals surface area (Å²) in [4.78, 5) is 12.2. The van der Waals surface area contributed by atoms with Crippen molar-refractivity contribution >= 4 is 24.3 Å². The van der Waals surface area contributed by atoms with E-state index in [1.165, 1.54) is 5.56 Å². The first-order valence-electron chi connectivity index (χ1n) is 7.43. The molecule has 1 aromatic carbocycles. The van der Waals surface area contributed by atoms with Gasteiger partial charge in [0, 0.05) is 5.92 Å². The van der Waals surface area contributed by atoms with Crippen LogP contribution in [-0.4, -0.2) is 21.6 Å². The molecule has 1 amide bonds. The highest BCUT2D eigenvalue weighted by molar-refractivity contribution is 6.05. The first-order chi connectivity index (χ1) is 10.6. The van der Waals surface area contributed by atoms with E-state index >= 15 is 0 Å². The molecular weight excluding hydrogens is 314 g/mol. The van der Waals surface area contributed by atoms with E-state index in [1.54, 1.807) is 6.20 Å². The van der Waals surface area contributed by atoms with Crippen molar-refractivity contribution in [1.82, 2.24) is 15.1 Å². The number of benzene rings is 1. The molecule has 6 nitrogen and oxygen atoms in total. The molecule has 1 aromatic heterocycles. The summed E-state index contributed by atoms with van der Waals surface area (Å²) in [6.45, 7) is 2.10. The van der Waals surface area contributed by atoms with Crippen LogP contribution in [-0.2, 0) is 6.42 Å². The third-order valence-electron chi connectivity index (χ3n) is 3.86. The van der Waals surface area contributed by atoms with Gasteiger partial charge in [0.05, 0.1) is 23.1 Å². The Bertz CT molecular complexity index is 736. The van der Waals surface area contributed by atoms with Crippen LogP contribution < -0.4 is 11.1 Å². The predicted molar refractivity (Wildman–Crippen MR) is 91.5 cm³/mol. The highest BCUT2D eigenvalue weighted by Gasteiger charge is 2.33. The number of nitrogens with one attached hydrogen (secondary N) is 2. The molecule has 1 fully saturated rings. The third kappa shape index (κ3) is 3.37. The van der Waals surface area contributed by atoms with Crippen LogP contribution in [0.25, 0.3) is 5.69 Å². The second-order valence-electron chi connectivity index (χ2n) is 5.48. The molecule has 0 aliphatic heterocycles. The first-order valence-corrected chi connectivity index (χ1v) is 7.43. The van der Waals surface area contributed by atoms with Crippen LogP contribution in [0.5, 0.6) is 0 Å². The lowest BCUT2D eigenvalue weighted by Crippen LogP contribution is -2.36. The fraction of sp³-hybridized carbons (Fsp3) is 0.312. The van der Waals surface area contributed by atoms with Crippen LogP contribution >= 0.6 is 12.4 Å². The van der Waals surface area contributed by atoms with Gasteiger partial charge < -0.3 is 5.73 Å². The van der Waals surface area contributed by atoms with Crippen molar-refractivity contribution in [3.63, 3.8) is 0 Å². The number of aryl methyl sites for hydroxylation is 1.